The van der Waals surface area contributed by atoms with Gasteiger partial charge in [-0.25, -0.2) is 9.97 Å². The minimum absolute atomic E-state index is 0.268. The van der Waals surface area contributed by atoms with E-state index in [2.05, 4.69) is 34.1 Å². The zero-order valence-electron chi connectivity index (χ0n) is 10.4. The van der Waals surface area contributed by atoms with Crippen LogP contribution in [0.5, 0.6) is 0 Å². The normalized spacial score (nSPS) is 10.7. The second-order valence-electron chi connectivity index (χ2n) is 4.26. The second kappa shape index (κ2) is 5.78. The highest BCUT2D eigenvalue weighted by Crippen LogP contribution is 2.27. The zero-order valence-corrected chi connectivity index (χ0v) is 11.1. The summed E-state index contributed by atoms with van der Waals surface area (Å²) in [5.41, 5.74) is 1.90. The molecule has 0 aliphatic carbocycles. The van der Waals surface area contributed by atoms with Crippen LogP contribution in [0.1, 0.15) is 31.0 Å². The Balaban J connectivity index is 2.17. The van der Waals surface area contributed by atoms with E-state index in [9.17, 15) is 0 Å². The van der Waals surface area contributed by atoms with E-state index in [1.807, 2.05) is 18.2 Å². The van der Waals surface area contributed by atoms with Gasteiger partial charge in [-0.3, -0.25) is 4.98 Å². The number of nitrogens with one attached hydrogen (secondary N) is 1. The van der Waals surface area contributed by atoms with Gasteiger partial charge in [0, 0.05) is 11.8 Å². The molecular weight excluding hydrogens is 248 g/mol. The van der Waals surface area contributed by atoms with Gasteiger partial charge in [-0.15, -0.1) is 0 Å². The van der Waals surface area contributed by atoms with Crippen LogP contribution in [-0.2, 0) is 6.54 Å². The van der Waals surface area contributed by atoms with Crippen molar-refractivity contribution in [3.8, 4) is 0 Å². The molecule has 0 unspecified atom stereocenters. The molecule has 0 aliphatic heterocycles. The highest BCUT2D eigenvalue weighted by Gasteiger charge is 2.13. The summed E-state index contributed by atoms with van der Waals surface area (Å²) < 4.78 is 0. The quantitative estimate of drug-likeness (QED) is 0.860. The molecule has 4 nitrogen and oxygen atoms in total. The molecular formula is C13H15ClN4. The number of pyridine rings is 1. The largest absolute Gasteiger partial charge is 0.364 e. The molecule has 0 saturated carbocycles. The number of aromatic nitrogens is 3. The maximum atomic E-state index is 6.10. The summed E-state index contributed by atoms with van der Waals surface area (Å²) >= 11 is 6.10. The van der Waals surface area contributed by atoms with Gasteiger partial charge in [0.15, 0.2) is 0 Å². The monoisotopic (exact) mass is 262 g/mol. The van der Waals surface area contributed by atoms with Crippen molar-refractivity contribution in [1.29, 1.82) is 0 Å². The Kier molecular flexibility index (Phi) is 4.10. The number of hydrogen-bond acceptors (Lipinski definition) is 4. The summed E-state index contributed by atoms with van der Waals surface area (Å²) in [6.45, 7) is 4.75. The Morgan fingerprint density at radius 3 is 2.72 bits per heavy atom. The van der Waals surface area contributed by atoms with Crippen LogP contribution in [0.3, 0.4) is 0 Å². The Hall–Kier alpha value is -1.68. The van der Waals surface area contributed by atoms with Gasteiger partial charge in [0.1, 0.15) is 17.3 Å². The van der Waals surface area contributed by atoms with Gasteiger partial charge in [0.25, 0.3) is 0 Å². The lowest BCUT2D eigenvalue weighted by Gasteiger charge is -2.13. The molecule has 2 rings (SSSR count). The maximum absolute atomic E-state index is 6.10. The number of anilines is 1. The predicted octanol–water partition coefficient (Wildman–Crippen LogP) is 3.26. The molecule has 0 atom stereocenters. The third-order valence-corrected chi connectivity index (χ3v) is 2.88. The molecule has 94 valence electrons. The van der Waals surface area contributed by atoms with E-state index in [-0.39, 0.29) is 5.92 Å². The fourth-order valence-electron chi connectivity index (χ4n) is 1.70. The smallest absolute Gasteiger partial charge is 0.138 e. The zero-order chi connectivity index (χ0) is 13.0. The van der Waals surface area contributed by atoms with Crippen molar-refractivity contribution in [3.05, 3.63) is 47.1 Å². The van der Waals surface area contributed by atoms with Crippen LogP contribution in [0.15, 0.2) is 30.7 Å². The molecule has 0 amide bonds. The van der Waals surface area contributed by atoms with Crippen LogP contribution < -0.4 is 5.32 Å². The minimum Gasteiger partial charge on any atom is -0.364 e. The molecule has 0 spiro atoms. The van der Waals surface area contributed by atoms with Crippen LogP contribution in [-0.4, -0.2) is 15.0 Å². The summed E-state index contributed by atoms with van der Waals surface area (Å²) in [6.07, 6.45) is 3.24. The first kappa shape index (κ1) is 12.8. The molecule has 0 bridgehead atoms. The van der Waals surface area contributed by atoms with E-state index in [1.54, 1.807) is 6.20 Å². The van der Waals surface area contributed by atoms with E-state index in [4.69, 9.17) is 11.6 Å². The summed E-state index contributed by atoms with van der Waals surface area (Å²) in [5.74, 6) is 1.04. The van der Waals surface area contributed by atoms with Crippen molar-refractivity contribution in [2.75, 3.05) is 5.32 Å². The van der Waals surface area contributed by atoms with Crippen molar-refractivity contribution < 1.29 is 0 Å². The maximum Gasteiger partial charge on any atom is 0.138 e. The third kappa shape index (κ3) is 2.96. The van der Waals surface area contributed by atoms with Gasteiger partial charge in [-0.1, -0.05) is 31.5 Å². The highest BCUT2D eigenvalue weighted by atomic mass is 35.5. The first-order valence-corrected chi connectivity index (χ1v) is 6.20. The summed E-state index contributed by atoms with van der Waals surface area (Å²) in [4.78, 5) is 12.5. The van der Waals surface area contributed by atoms with Crippen LogP contribution >= 0.6 is 11.6 Å². The van der Waals surface area contributed by atoms with Crippen LogP contribution in [0, 0.1) is 0 Å². The predicted molar refractivity (Wildman–Crippen MR) is 72.7 cm³/mol. The molecule has 0 radical (unpaired) electrons. The Morgan fingerprint density at radius 2 is 2.06 bits per heavy atom. The number of rotatable bonds is 4. The van der Waals surface area contributed by atoms with E-state index in [1.165, 1.54) is 6.33 Å². The van der Waals surface area contributed by atoms with E-state index in [0.717, 1.165) is 17.1 Å². The lowest BCUT2D eigenvalue weighted by Crippen LogP contribution is -2.07. The van der Waals surface area contributed by atoms with Crippen molar-refractivity contribution in [1.82, 2.24) is 15.0 Å². The summed E-state index contributed by atoms with van der Waals surface area (Å²) in [7, 11) is 0. The number of hydrogen-bond donors (Lipinski definition) is 1. The van der Waals surface area contributed by atoms with Gasteiger partial charge >= 0.3 is 0 Å². The molecule has 2 aromatic rings. The van der Waals surface area contributed by atoms with Crippen LogP contribution in [0.2, 0.25) is 5.15 Å². The lowest BCUT2D eigenvalue weighted by atomic mass is 10.1. The third-order valence-electron chi connectivity index (χ3n) is 2.58. The van der Waals surface area contributed by atoms with Gasteiger partial charge in [0.05, 0.1) is 12.2 Å². The average Bonchev–Trinajstić information content (AvgIpc) is 2.37. The molecule has 0 saturated heterocycles. The molecule has 0 fully saturated rings. The lowest BCUT2D eigenvalue weighted by molar-refractivity contribution is 0.843. The fourth-order valence-corrected chi connectivity index (χ4v) is 2.05. The number of halogens is 1. The van der Waals surface area contributed by atoms with E-state index in [0.29, 0.717) is 11.7 Å². The Bertz CT molecular complexity index is 514. The van der Waals surface area contributed by atoms with Crippen molar-refractivity contribution in [2.45, 2.75) is 26.3 Å². The topological polar surface area (TPSA) is 50.7 Å². The van der Waals surface area contributed by atoms with E-state index >= 15 is 0 Å². The fraction of sp³-hybridized carbons (Fsp3) is 0.308. The molecule has 2 aromatic heterocycles. The van der Waals surface area contributed by atoms with Crippen LogP contribution in [0.25, 0.3) is 0 Å². The molecule has 0 aliphatic rings. The summed E-state index contributed by atoms with van der Waals surface area (Å²) in [6, 6.07) is 5.82. The van der Waals surface area contributed by atoms with Crippen molar-refractivity contribution in [2.24, 2.45) is 0 Å². The Morgan fingerprint density at radius 1 is 1.22 bits per heavy atom. The standard InChI is InChI=1S/C13H15ClN4/c1-9(2)11-12(14)17-8-18-13(11)16-7-10-5-3-4-6-15-10/h3-6,8-9H,7H2,1-2H3,(H,16,17,18). The minimum atomic E-state index is 0.268. The van der Waals surface area contributed by atoms with Gasteiger partial charge in [-0.05, 0) is 18.1 Å². The van der Waals surface area contributed by atoms with Gasteiger partial charge < -0.3 is 5.32 Å². The molecule has 2 heterocycles. The van der Waals surface area contributed by atoms with Crippen LogP contribution in [0.4, 0.5) is 5.82 Å². The highest BCUT2D eigenvalue weighted by molar-refractivity contribution is 6.30. The number of nitrogens with zero attached hydrogens (tertiary/aromatic N) is 3. The first-order chi connectivity index (χ1) is 8.68. The van der Waals surface area contributed by atoms with Crippen molar-refractivity contribution in [3.63, 3.8) is 0 Å². The average molecular weight is 263 g/mol. The molecule has 18 heavy (non-hydrogen) atoms. The first-order valence-electron chi connectivity index (χ1n) is 5.82. The van der Waals surface area contributed by atoms with Gasteiger partial charge in [-0.2, -0.15) is 0 Å². The second-order valence-corrected chi connectivity index (χ2v) is 4.61. The SMILES string of the molecule is CC(C)c1c(Cl)ncnc1NCc1ccccn1. The molecule has 5 heteroatoms. The van der Waals surface area contributed by atoms with Gasteiger partial charge in [0.2, 0.25) is 0 Å². The van der Waals surface area contributed by atoms with Crippen molar-refractivity contribution >= 4 is 17.4 Å². The molecule has 1 N–H and O–H groups in total. The Labute approximate surface area is 111 Å². The van der Waals surface area contributed by atoms with E-state index < -0.39 is 0 Å². The summed E-state index contributed by atoms with van der Waals surface area (Å²) in [5, 5.41) is 3.76. The molecule has 0 aromatic carbocycles.